The van der Waals surface area contributed by atoms with Crippen LogP contribution in [0.1, 0.15) is 32.3 Å². The summed E-state index contributed by atoms with van der Waals surface area (Å²) < 4.78 is 25.2. The highest BCUT2D eigenvalue weighted by Crippen LogP contribution is 2.31. The standard InChI is InChI=1S/C25H32FN3O4/c1-4-32-22-13-10-19(14-23(22)33-5-2)27-24(30)16-28(3)17-25(31)29(20-11-12-20)15-18-8-6-7-9-21(18)26/h6-10,13-14,20H,4-5,11-12,15-17H2,1-3H3,(H,27,30). The van der Waals surface area contributed by atoms with Crippen molar-refractivity contribution in [3.63, 3.8) is 0 Å². The molecule has 1 aliphatic carbocycles. The van der Waals surface area contributed by atoms with Gasteiger partial charge >= 0.3 is 0 Å². The van der Waals surface area contributed by atoms with Gasteiger partial charge in [0.05, 0.1) is 26.3 Å². The third-order valence-electron chi connectivity index (χ3n) is 5.25. The van der Waals surface area contributed by atoms with Crippen LogP contribution in [0, 0.1) is 5.82 Å². The van der Waals surface area contributed by atoms with Gasteiger partial charge in [-0.15, -0.1) is 0 Å². The highest BCUT2D eigenvalue weighted by Gasteiger charge is 2.33. The number of carbonyl (C=O) groups excluding carboxylic acids is 2. The highest BCUT2D eigenvalue weighted by molar-refractivity contribution is 5.93. The lowest BCUT2D eigenvalue weighted by atomic mass is 10.2. The molecule has 2 aromatic rings. The van der Waals surface area contributed by atoms with E-state index in [9.17, 15) is 14.0 Å². The molecule has 2 amide bonds. The third kappa shape index (κ3) is 7.18. The predicted molar refractivity (Wildman–Crippen MR) is 125 cm³/mol. The predicted octanol–water partition coefficient (Wildman–Crippen LogP) is 3.68. The van der Waals surface area contributed by atoms with Gasteiger partial charge in [-0.2, -0.15) is 0 Å². The first-order valence-corrected chi connectivity index (χ1v) is 11.3. The number of nitrogens with one attached hydrogen (secondary N) is 1. The number of carbonyl (C=O) groups is 2. The van der Waals surface area contributed by atoms with E-state index in [1.54, 1.807) is 53.2 Å². The second-order valence-electron chi connectivity index (χ2n) is 8.09. The summed E-state index contributed by atoms with van der Waals surface area (Å²) in [6, 6.07) is 11.9. The molecule has 0 radical (unpaired) electrons. The molecule has 178 valence electrons. The van der Waals surface area contributed by atoms with Crippen molar-refractivity contribution in [2.45, 2.75) is 39.3 Å². The topological polar surface area (TPSA) is 71.1 Å². The van der Waals surface area contributed by atoms with E-state index in [2.05, 4.69) is 5.32 Å². The van der Waals surface area contributed by atoms with Gasteiger partial charge in [-0.3, -0.25) is 14.5 Å². The zero-order valence-corrected chi connectivity index (χ0v) is 19.5. The number of halogens is 1. The second-order valence-corrected chi connectivity index (χ2v) is 8.09. The Morgan fingerprint density at radius 1 is 1.03 bits per heavy atom. The number of anilines is 1. The van der Waals surface area contributed by atoms with Crippen molar-refractivity contribution in [2.75, 3.05) is 38.7 Å². The Kier molecular flexibility index (Phi) is 8.65. The molecule has 0 aromatic heterocycles. The van der Waals surface area contributed by atoms with Crippen molar-refractivity contribution < 1.29 is 23.5 Å². The van der Waals surface area contributed by atoms with Crippen molar-refractivity contribution >= 4 is 17.5 Å². The summed E-state index contributed by atoms with van der Waals surface area (Å²) in [5.74, 6) is 0.509. The average Bonchev–Trinajstić information content (AvgIpc) is 3.60. The van der Waals surface area contributed by atoms with Gasteiger partial charge in [0, 0.05) is 29.9 Å². The van der Waals surface area contributed by atoms with Crippen LogP contribution in [0.25, 0.3) is 0 Å². The van der Waals surface area contributed by atoms with E-state index in [0.29, 0.717) is 36.0 Å². The van der Waals surface area contributed by atoms with Gasteiger partial charge in [-0.05, 0) is 51.9 Å². The summed E-state index contributed by atoms with van der Waals surface area (Å²) in [7, 11) is 1.72. The average molecular weight is 458 g/mol. The molecule has 1 N–H and O–H groups in total. The second kappa shape index (κ2) is 11.7. The minimum Gasteiger partial charge on any atom is -0.490 e. The van der Waals surface area contributed by atoms with Crippen molar-refractivity contribution in [1.82, 2.24) is 9.80 Å². The maximum absolute atomic E-state index is 14.1. The molecule has 33 heavy (non-hydrogen) atoms. The molecule has 0 spiro atoms. The number of benzene rings is 2. The van der Waals surface area contributed by atoms with Gasteiger partial charge in [0.25, 0.3) is 0 Å². The Labute approximate surface area is 194 Å². The lowest BCUT2D eigenvalue weighted by Crippen LogP contribution is -2.42. The lowest BCUT2D eigenvalue weighted by molar-refractivity contribution is -0.133. The summed E-state index contributed by atoms with van der Waals surface area (Å²) in [5, 5.41) is 2.84. The third-order valence-corrected chi connectivity index (χ3v) is 5.25. The van der Waals surface area contributed by atoms with E-state index in [4.69, 9.17) is 9.47 Å². The van der Waals surface area contributed by atoms with Crippen LogP contribution in [-0.4, -0.2) is 61.0 Å². The molecule has 0 bridgehead atoms. The zero-order chi connectivity index (χ0) is 23.8. The fraction of sp³-hybridized carbons (Fsp3) is 0.440. The number of nitrogens with zero attached hydrogens (tertiary/aromatic N) is 2. The number of likely N-dealkylation sites (N-methyl/N-ethyl adjacent to an activating group) is 1. The molecule has 0 heterocycles. The SMILES string of the molecule is CCOc1ccc(NC(=O)CN(C)CC(=O)N(Cc2ccccc2F)C2CC2)cc1OCC. The minimum atomic E-state index is -0.314. The van der Waals surface area contributed by atoms with Gasteiger partial charge in [-0.1, -0.05) is 18.2 Å². The van der Waals surface area contributed by atoms with E-state index in [1.807, 2.05) is 13.8 Å². The number of rotatable bonds is 12. The summed E-state index contributed by atoms with van der Waals surface area (Å²) in [5.41, 5.74) is 1.09. The molecule has 8 heteroatoms. The molecule has 2 aromatic carbocycles. The first-order chi connectivity index (χ1) is 15.9. The molecule has 1 saturated carbocycles. The van der Waals surface area contributed by atoms with Crippen LogP contribution >= 0.6 is 0 Å². The lowest BCUT2D eigenvalue weighted by Gasteiger charge is -2.25. The van der Waals surface area contributed by atoms with Crippen LogP contribution in [0.2, 0.25) is 0 Å². The Hall–Kier alpha value is -3.13. The van der Waals surface area contributed by atoms with Gasteiger partial charge < -0.3 is 19.7 Å². The van der Waals surface area contributed by atoms with Crippen molar-refractivity contribution in [3.05, 3.63) is 53.8 Å². The Bertz CT molecular complexity index is 964. The molecule has 1 fully saturated rings. The number of amides is 2. The van der Waals surface area contributed by atoms with Gasteiger partial charge in [0.2, 0.25) is 11.8 Å². The summed E-state index contributed by atoms with van der Waals surface area (Å²) in [4.78, 5) is 28.8. The fourth-order valence-corrected chi connectivity index (χ4v) is 3.57. The van der Waals surface area contributed by atoms with Crippen LogP contribution in [0.3, 0.4) is 0 Å². The molecule has 0 atom stereocenters. The molecular weight excluding hydrogens is 425 g/mol. The first-order valence-electron chi connectivity index (χ1n) is 11.3. The molecule has 7 nitrogen and oxygen atoms in total. The first kappa shape index (κ1) is 24.5. The molecule has 0 aliphatic heterocycles. The van der Waals surface area contributed by atoms with Gasteiger partial charge in [-0.25, -0.2) is 4.39 Å². The van der Waals surface area contributed by atoms with Crippen molar-refractivity contribution in [3.8, 4) is 11.5 Å². The maximum atomic E-state index is 14.1. The van der Waals surface area contributed by atoms with E-state index < -0.39 is 0 Å². The number of hydrogen-bond acceptors (Lipinski definition) is 5. The molecule has 3 rings (SSSR count). The minimum absolute atomic E-state index is 0.0428. The molecule has 1 aliphatic rings. The zero-order valence-electron chi connectivity index (χ0n) is 19.5. The molecule has 0 saturated heterocycles. The quantitative estimate of drug-likeness (QED) is 0.527. The Morgan fingerprint density at radius 3 is 2.39 bits per heavy atom. The van der Waals surface area contributed by atoms with Gasteiger partial charge in [0.15, 0.2) is 11.5 Å². The van der Waals surface area contributed by atoms with E-state index >= 15 is 0 Å². The molecule has 0 unspecified atom stereocenters. The highest BCUT2D eigenvalue weighted by atomic mass is 19.1. The Balaban J connectivity index is 1.55. The van der Waals surface area contributed by atoms with Crippen LogP contribution in [-0.2, 0) is 16.1 Å². The van der Waals surface area contributed by atoms with Crippen LogP contribution in [0.5, 0.6) is 11.5 Å². The maximum Gasteiger partial charge on any atom is 0.238 e. The smallest absolute Gasteiger partial charge is 0.238 e. The van der Waals surface area contributed by atoms with Gasteiger partial charge in [0.1, 0.15) is 5.82 Å². The number of hydrogen-bond donors (Lipinski definition) is 1. The summed E-state index contributed by atoms with van der Waals surface area (Å²) >= 11 is 0. The van der Waals surface area contributed by atoms with Crippen LogP contribution in [0.4, 0.5) is 10.1 Å². The van der Waals surface area contributed by atoms with Crippen molar-refractivity contribution in [2.24, 2.45) is 0 Å². The van der Waals surface area contributed by atoms with Crippen LogP contribution < -0.4 is 14.8 Å². The van der Waals surface area contributed by atoms with E-state index in [0.717, 1.165) is 12.8 Å². The number of ether oxygens (including phenoxy) is 2. The van der Waals surface area contributed by atoms with Crippen LogP contribution in [0.15, 0.2) is 42.5 Å². The van der Waals surface area contributed by atoms with E-state index in [1.165, 1.54) is 6.07 Å². The monoisotopic (exact) mass is 457 g/mol. The normalized spacial score (nSPS) is 13.0. The fourth-order valence-electron chi connectivity index (χ4n) is 3.57. The van der Waals surface area contributed by atoms with E-state index in [-0.39, 0.29) is 43.3 Å². The molecular formula is C25H32FN3O4. The Morgan fingerprint density at radius 2 is 1.73 bits per heavy atom. The van der Waals surface area contributed by atoms with Crippen molar-refractivity contribution in [1.29, 1.82) is 0 Å². The summed E-state index contributed by atoms with van der Waals surface area (Å²) in [6.07, 6.45) is 1.84. The summed E-state index contributed by atoms with van der Waals surface area (Å²) in [6.45, 7) is 5.12. The largest absolute Gasteiger partial charge is 0.490 e.